The van der Waals surface area contributed by atoms with Gasteiger partial charge in [-0.25, -0.2) is 4.98 Å². The lowest BCUT2D eigenvalue weighted by Gasteiger charge is -1.92. The van der Waals surface area contributed by atoms with Crippen LogP contribution >= 0.6 is 34.3 Å². The van der Waals surface area contributed by atoms with Crippen molar-refractivity contribution in [1.29, 1.82) is 10.5 Å². The Kier molecular flexibility index (Phi) is 3.96. The van der Waals surface area contributed by atoms with E-state index in [1.165, 1.54) is 28.9 Å². The van der Waals surface area contributed by atoms with E-state index in [9.17, 15) is 0 Å². The Hall–Kier alpha value is -1.86. The molecule has 2 aromatic heterocycles. The maximum Gasteiger partial charge on any atom is 0.187 e. The summed E-state index contributed by atoms with van der Waals surface area (Å²) in [7, 11) is 0. The third-order valence-electron chi connectivity index (χ3n) is 1.91. The molecule has 2 heterocycles. The van der Waals surface area contributed by atoms with Crippen LogP contribution in [-0.4, -0.2) is 4.98 Å². The van der Waals surface area contributed by atoms with E-state index in [0.29, 0.717) is 9.47 Å². The molecule has 0 fully saturated rings. The summed E-state index contributed by atoms with van der Waals surface area (Å²) < 4.78 is 0.712. The number of hydrogen-bond donors (Lipinski definition) is 1. The number of anilines is 1. The van der Waals surface area contributed by atoms with Gasteiger partial charge in [0.2, 0.25) is 0 Å². The van der Waals surface area contributed by atoms with Gasteiger partial charge in [0, 0.05) is 11.6 Å². The first-order chi connectivity index (χ1) is 8.72. The van der Waals surface area contributed by atoms with E-state index >= 15 is 0 Å². The predicted octanol–water partition coefficient (Wildman–Crippen LogP) is 3.87. The minimum Gasteiger partial charge on any atom is -0.336 e. The Morgan fingerprint density at radius 2 is 2.17 bits per heavy atom. The van der Waals surface area contributed by atoms with Crippen LogP contribution in [0.25, 0.3) is 10.6 Å². The lowest BCUT2D eigenvalue weighted by molar-refractivity contribution is 1.39. The molecule has 88 valence electrons. The standard InChI is InChI=1S/C11H5ClN4S2/c12-10-2-1-9(18-10)8-6-17-11(16-8)15-5-7(3-13)4-14/h1-2,5-6H,(H,15,16). The van der Waals surface area contributed by atoms with Crippen LogP contribution in [0.1, 0.15) is 0 Å². The van der Waals surface area contributed by atoms with Crippen LogP contribution in [0.2, 0.25) is 4.34 Å². The van der Waals surface area contributed by atoms with E-state index in [4.69, 9.17) is 22.1 Å². The molecule has 0 aliphatic rings. The van der Waals surface area contributed by atoms with Crippen molar-refractivity contribution >= 4 is 39.4 Å². The van der Waals surface area contributed by atoms with Crippen molar-refractivity contribution in [3.63, 3.8) is 0 Å². The number of hydrogen-bond acceptors (Lipinski definition) is 6. The SMILES string of the molecule is N#CC(C#N)=CNc1nc(-c2ccc(Cl)s2)cs1. The Morgan fingerprint density at radius 3 is 2.78 bits per heavy atom. The maximum absolute atomic E-state index is 8.58. The van der Waals surface area contributed by atoms with Gasteiger partial charge in [0.25, 0.3) is 0 Å². The van der Waals surface area contributed by atoms with Crippen molar-refractivity contribution in [2.75, 3.05) is 5.32 Å². The summed E-state index contributed by atoms with van der Waals surface area (Å²) in [6, 6.07) is 7.24. The molecule has 0 aliphatic carbocycles. The third kappa shape index (κ3) is 2.88. The van der Waals surface area contributed by atoms with Crippen molar-refractivity contribution in [3.8, 4) is 22.7 Å². The highest BCUT2D eigenvalue weighted by molar-refractivity contribution is 7.20. The summed E-state index contributed by atoms with van der Waals surface area (Å²) >= 11 is 8.70. The molecule has 2 aromatic rings. The van der Waals surface area contributed by atoms with E-state index in [0.717, 1.165) is 10.6 Å². The third-order valence-corrected chi connectivity index (χ3v) is 3.94. The molecule has 0 spiro atoms. The van der Waals surface area contributed by atoms with Crippen LogP contribution in [0, 0.1) is 22.7 Å². The number of allylic oxidation sites excluding steroid dienone is 1. The number of nitrogens with one attached hydrogen (secondary N) is 1. The maximum atomic E-state index is 8.58. The molecular weight excluding hydrogens is 288 g/mol. The molecule has 0 saturated heterocycles. The summed E-state index contributed by atoms with van der Waals surface area (Å²) in [6.45, 7) is 0. The van der Waals surface area contributed by atoms with E-state index in [1.54, 1.807) is 12.1 Å². The molecule has 4 nitrogen and oxygen atoms in total. The highest BCUT2D eigenvalue weighted by atomic mass is 35.5. The first-order valence-corrected chi connectivity index (χ1v) is 6.78. The van der Waals surface area contributed by atoms with Crippen molar-refractivity contribution in [2.45, 2.75) is 0 Å². The van der Waals surface area contributed by atoms with Gasteiger partial charge >= 0.3 is 0 Å². The zero-order chi connectivity index (χ0) is 13.0. The summed E-state index contributed by atoms with van der Waals surface area (Å²) in [6.07, 6.45) is 1.34. The van der Waals surface area contributed by atoms with Crippen LogP contribution < -0.4 is 5.32 Å². The van der Waals surface area contributed by atoms with Gasteiger partial charge in [-0.2, -0.15) is 10.5 Å². The number of rotatable bonds is 3. The van der Waals surface area contributed by atoms with Crippen LogP contribution in [0.3, 0.4) is 0 Å². The Morgan fingerprint density at radius 1 is 1.39 bits per heavy atom. The Labute approximate surface area is 116 Å². The second-order valence-corrected chi connectivity index (χ2v) is 5.64. The number of halogens is 1. The lowest BCUT2D eigenvalue weighted by Crippen LogP contribution is -1.88. The van der Waals surface area contributed by atoms with Crippen molar-refractivity contribution < 1.29 is 0 Å². The van der Waals surface area contributed by atoms with Gasteiger partial charge in [-0.3, -0.25) is 0 Å². The molecule has 2 rings (SSSR count). The average molecular weight is 293 g/mol. The number of nitriles is 2. The molecule has 0 amide bonds. The van der Waals surface area contributed by atoms with Crippen LogP contribution in [-0.2, 0) is 0 Å². The molecule has 0 aliphatic heterocycles. The van der Waals surface area contributed by atoms with E-state index in [-0.39, 0.29) is 5.57 Å². The Bertz CT molecular complexity index is 656. The monoisotopic (exact) mass is 292 g/mol. The van der Waals surface area contributed by atoms with Gasteiger partial charge in [-0.05, 0) is 12.1 Å². The van der Waals surface area contributed by atoms with Gasteiger partial charge in [0.05, 0.1) is 14.9 Å². The zero-order valence-corrected chi connectivity index (χ0v) is 11.2. The second-order valence-electron chi connectivity index (χ2n) is 3.07. The quantitative estimate of drug-likeness (QED) is 0.872. The smallest absolute Gasteiger partial charge is 0.187 e. The molecule has 7 heteroatoms. The summed E-state index contributed by atoms with van der Waals surface area (Å²) in [4.78, 5) is 5.31. The van der Waals surface area contributed by atoms with Crippen molar-refractivity contribution in [3.05, 3.63) is 33.6 Å². The van der Waals surface area contributed by atoms with Gasteiger partial charge in [0.1, 0.15) is 17.7 Å². The molecule has 0 unspecified atom stereocenters. The number of thiazole rings is 1. The first-order valence-electron chi connectivity index (χ1n) is 4.71. The highest BCUT2D eigenvalue weighted by Crippen LogP contribution is 2.32. The summed E-state index contributed by atoms with van der Waals surface area (Å²) in [5.74, 6) is 0. The van der Waals surface area contributed by atoms with Crippen molar-refractivity contribution in [1.82, 2.24) is 4.98 Å². The Balaban J connectivity index is 2.15. The molecule has 18 heavy (non-hydrogen) atoms. The van der Waals surface area contributed by atoms with Crippen LogP contribution in [0.15, 0.2) is 29.3 Å². The van der Waals surface area contributed by atoms with Crippen LogP contribution in [0.5, 0.6) is 0 Å². The molecule has 0 aromatic carbocycles. The summed E-state index contributed by atoms with van der Waals surface area (Å²) in [5.41, 5.74) is 0.828. The highest BCUT2D eigenvalue weighted by Gasteiger charge is 2.06. The van der Waals surface area contributed by atoms with E-state index in [1.807, 2.05) is 17.5 Å². The molecule has 0 radical (unpaired) electrons. The number of thiophene rings is 1. The molecule has 0 atom stereocenters. The normalized spacial score (nSPS) is 9.28. The fourth-order valence-electron chi connectivity index (χ4n) is 1.13. The van der Waals surface area contributed by atoms with E-state index in [2.05, 4.69) is 10.3 Å². The molecule has 0 bridgehead atoms. The van der Waals surface area contributed by atoms with Gasteiger partial charge in [-0.1, -0.05) is 11.6 Å². The van der Waals surface area contributed by atoms with E-state index < -0.39 is 0 Å². The van der Waals surface area contributed by atoms with Gasteiger partial charge in [0.15, 0.2) is 5.13 Å². The minimum atomic E-state index is 0.00548. The average Bonchev–Trinajstić information content (AvgIpc) is 2.99. The first kappa shape index (κ1) is 12.6. The minimum absolute atomic E-state index is 0.00548. The van der Waals surface area contributed by atoms with Gasteiger partial charge in [-0.15, -0.1) is 22.7 Å². The zero-order valence-electron chi connectivity index (χ0n) is 8.85. The summed E-state index contributed by atoms with van der Waals surface area (Å²) in [5, 5.41) is 22.5. The van der Waals surface area contributed by atoms with Gasteiger partial charge < -0.3 is 5.32 Å². The largest absolute Gasteiger partial charge is 0.336 e. The van der Waals surface area contributed by atoms with Crippen molar-refractivity contribution in [2.24, 2.45) is 0 Å². The topological polar surface area (TPSA) is 72.5 Å². The molecule has 0 saturated carbocycles. The fourth-order valence-corrected chi connectivity index (χ4v) is 2.89. The fraction of sp³-hybridized carbons (Fsp3) is 0. The second kappa shape index (κ2) is 5.65. The van der Waals surface area contributed by atoms with Crippen LogP contribution in [0.4, 0.5) is 5.13 Å². The lowest BCUT2D eigenvalue weighted by atomic mass is 10.4. The number of aromatic nitrogens is 1. The number of nitrogens with zero attached hydrogens (tertiary/aromatic N) is 3. The molecular formula is C11H5ClN4S2. The predicted molar refractivity (Wildman–Crippen MR) is 73.4 cm³/mol. The molecule has 1 N–H and O–H groups in total.